The Morgan fingerprint density at radius 2 is 0.923 bits per heavy atom. The smallest absolute Gasteiger partial charge is 0.364 e. The van der Waals surface area contributed by atoms with Crippen molar-refractivity contribution in [1.82, 2.24) is 10.6 Å². The van der Waals surface area contributed by atoms with E-state index in [2.05, 4.69) is 48.8 Å². The summed E-state index contributed by atoms with van der Waals surface area (Å²) >= 11 is 0. The van der Waals surface area contributed by atoms with Crippen molar-refractivity contribution in [3.8, 4) is 0 Å². The molecule has 3 aliphatic heterocycles. The first-order valence-corrected chi connectivity index (χ1v) is 41.7. The number of nitrogens with one attached hydrogen (secondary N) is 2. The molecular weight excluding hydrogens is 1340 g/mol. The number of carbonyl (C=O) groups excluding carboxylic acids is 2. The van der Waals surface area contributed by atoms with Gasteiger partial charge in [0.2, 0.25) is 11.8 Å². The van der Waals surface area contributed by atoms with Crippen LogP contribution in [0.4, 0.5) is 0 Å². The van der Waals surface area contributed by atoms with Gasteiger partial charge >= 0.3 is 5.97 Å². The Hall–Kier alpha value is -2.79. The topological polar surface area (TPSA) is 373 Å². The third-order valence-electron chi connectivity index (χ3n) is 21.2. The average Bonchev–Trinajstić information content (AvgIpc) is 0.755. The Labute approximate surface area is 625 Å². The van der Waals surface area contributed by atoms with E-state index in [9.17, 15) is 75.7 Å². The minimum absolute atomic E-state index is 0.225. The van der Waals surface area contributed by atoms with Crippen molar-refractivity contribution in [2.24, 2.45) is 0 Å². The number of unbranched alkanes of at least 4 members (excludes halogenated alkanes) is 42. The van der Waals surface area contributed by atoms with E-state index in [0.717, 1.165) is 64.7 Å². The molecule has 3 fully saturated rings. The molecule has 0 aromatic rings. The van der Waals surface area contributed by atoms with Gasteiger partial charge in [-0.25, -0.2) is 4.79 Å². The van der Waals surface area contributed by atoms with Crippen LogP contribution in [-0.4, -0.2) is 215 Å². The quantitative estimate of drug-likeness (QED) is 0.0199. The van der Waals surface area contributed by atoms with E-state index in [1.807, 2.05) is 0 Å². The third-order valence-corrected chi connectivity index (χ3v) is 21.2. The van der Waals surface area contributed by atoms with E-state index in [0.29, 0.717) is 19.3 Å². The molecule has 104 heavy (non-hydrogen) atoms. The number of aliphatic hydroxyl groups is 11. The summed E-state index contributed by atoms with van der Waals surface area (Å²) in [4.78, 5) is 38.7. The molecule has 0 saturated carbocycles. The summed E-state index contributed by atoms with van der Waals surface area (Å²) in [6.45, 7) is 2.25. The molecule has 3 rings (SSSR count). The number of hydrogen-bond acceptors (Lipinski definition) is 20. The van der Waals surface area contributed by atoms with Crippen LogP contribution < -0.4 is 10.6 Å². The van der Waals surface area contributed by atoms with Crippen LogP contribution in [0, 0.1) is 0 Å². The molecule has 0 aromatic heterocycles. The molecule has 18 atom stereocenters. The number of aliphatic hydroxyl groups excluding tert-OH is 11. The van der Waals surface area contributed by atoms with Gasteiger partial charge < -0.3 is 100 Å². The molecule has 0 spiro atoms. The van der Waals surface area contributed by atoms with Crippen LogP contribution in [-0.2, 0) is 42.8 Å². The molecule has 14 N–H and O–H groups in total. The lowest BCUT2D eigenvalue weighted by Crippen LogP contribution is -2.70. The van der Waals surface area contributed by atoms with E-state index in [-0.39, 0.29) is 18.9 Å². The fraction of sp³-hybridized carbons (Fsp3) is 0.914. The Morgan fingerprint density at radius 3 is 1.35 bits per heavy atom. The minimum Gasteiger partial charge on any atom is -0.477 e. The normalized spacial score (nSPS) is 26.5. The van der Waals surface area contributed by atoms with Crippen molar-refractivity contribution < 1.29 is 104 Å². The molecule has 3 aliphatic rings. The zero-order chi connectivity index (χ0) is 76.0. The lowest BCUT2D eigenvalue weighted by molar-refractivity contribution is -0.386. The van der Waals surface area contributed by atoms with E-state index in [4.69, 9.17) is 28.4 Å². The van der Waals surface area contributed by atoms with Gasteiger partial charge in [0, 0.05) is 19.8 Å². The number of ether oxygens (including phenoxy) is 6. The van der Waals surface area contributed by atoms with Crippen LogP contribution in [0.5, 0.6) is 0 Å². The summed E-state index contributed by atoms with van der Waals surface area (Å²) < 4.78 is 35.0. The van der Waals surface area contributed by atoms with Crippen molar-refractivity contribution in [3.63, 3.8) is 0 Å². The van der Waals surface area contributed by atoms with Gasteiger partial charge in [-0.05, 0) is 44.9 Å². The highest BCUT2D eigenvalue weighted by Crippen LogP contribution is 2.39. The number of hydrogen-bond donors (Lipinski definition) is 14. The molecular formula is C81H150N2O21. The minimum atomic E-state index is -3.08. The number of aliphatic carboxylic acids is 1. The number of carbonyl (C=O) groups is 3. The summed E-state index contributed by atoms with van der Waals surface area (Å²) in [7, 11) is 0. The van der Waals surface area contributed by atoms with Crippen LogP contribution >= 0.6 is 0 Å². The van der Waals surface area contributed by atoms with Crippen molar-refractivity contribution in [2.75, 3.05) is 26.4 Å². The third kappa shape index (κ3) is 39.7. The van der Waals surface area contributed by atoms with Crippen molar-refractivity contribution in [1.29, 1.82) is 0 Å². The highest BCUT2D eigenvalue weighted by atomic mass is 16.8. The van der Waals surface area contributed by atoms with Crippen LogP contribution in [0.3, 0.4) is 0 Å². The highest BCUT2D eigenvalue weighted by molar-refractivity contribution is 5.77. The molecule has 0 bridgehead atoms. The largest absolute Gasteiger partial charge is 0.477 e. The van der Waals surface area contributed by atoms with Crippen molar-refractivity contribution in [3.05, 3.63) is 24.3 Å². The van der Waals surface area contributed by atoms with Crippen LogP contribution in [0.1, 0.15) is 335 Å². The van der Waals surface area contributed by atoms with Gasteiger partial charge in [-0.3, -0.25) is 9.59 Å². The molecule has 0 radical (unpaired) electrons. The lowest BCUT2D eigenvalue weighted by atomic mass is 9.88. The predicted molar refractivity (Wildman–Crippen MR) is 403 cm³/mol. The molecule has 3 heterocycles. The number of carboxylic acids is 1. The lowest BCUT2D eigenvalue weighted by Gasteiger charge is -2.50. The fourth-order valence-corrected chi connectivity index (χ4v) is 14.6. The molecule has 23 heteroatoms. The first-order valence-electron chi connectivity index (χ1n) is 41.7. The zero-order valence-electron chi connectivity index (χ0n) is 64.6. The maximum absolute atomic E-state index is 13.6. The number of carboxylic acid groups (broad SMARTS) is 1. The van der Waals surface area contributed by atoms with Gasteiger partial charge in [0.15, 0.2) is 12.6 Å². The Morgan fingerprint density at radius 1 is 0.500 bits per heavy atom. The van der Waals surface area contributed by atoms with Gasteiger partial charge in [-0.15, -0.1) is 0 Å². The van der Waals surface area contributed by atoms with Crippen LogP contribution in [0.25, 0.3) is 0 Å². The predicted octanol–water partition coefficient (Wildman–Crippen LogP) is 11.5. The molecule has 23 nitrogen and oxygen atoms in total. The molecule has 0 aromatic carbocycles. The van der Waals surface area contributed by atoms with Gasteiger partial charge in [-0.2, -0.15) is 0 Å². The molecule has 610 valence electrons. The summed E-state index contributed by atoms with van der Waals surface area (Å²) in [5.41, 5.74) is 0. The summed E-state index contributed by atoms with van der Waals surface area (Å²) in [5, 5.41) is 137. The monoisotopic (exact) mass is 1490 g/mol. The SMILES string of the molecule is CCCCCCCCCCC/C=C\C/C=C\CCCCCCCCCCCCCCCCCC(=O)NC(COC1OC(CO)C(OC2OC(CO)C(O)C(OC3(C(=O)O)CC(O)C(NC(C)=O)C(C(O)C(O)CO)O3)C2O)C(O)C1O)C(O)CCCCCCCCCCCCCCCCCCCCC. The fourth-order valence-electron chi connectivity index (χ4n) is 14.6. The van der Waals surface area contributed by atoms with Gasteiger partial charge in [-0.1, -0.05) is 295 Å². The first-order chi connectivity index (χ1) is 50.4. The van der Waals surface area contributed by atoms with Crippen molar-refractivity contribution in [2.45, 2.75) is 445 Å². The zero-order valence-corrected chi connectivity index (χ0v) is 64.6. The Bertz CT molecular complexity index is 2170. The average molecular weight is 1490 g/mol. The van der Waals surface area contributed by atoms with Crippen LogP contribution in [0.2, 0.25) is 0 Å². The first kappa shape index (κ1) is 95.4. The van der Waals surface area contributed by atoms with Crippen LogP contribution in [0.15, 0.2) is 24.3 Å². The summed E-state index contributed by atoms with van der Waals surface area (Å²) in [6.07, 6.45) is 37.4. The number of amides is 2. The van der Waals surface area contributed by atoms with E-state index in [1.165, 1.54) is 225 Å². The van der Waals surface area contributed by atoms with Crippen molar-refractivity contribution >= 4 is 17.8 Å². The van der Waals surface area contributed by atoms with Gasteiger partial charge in [0.1, 0.15) is 67.1 Å². The van der Waals surface area contributed by atoms with E-state index < -0.39 is 148 Å². The van der Waals surface area contributed by atoms with E-state index in [1.54, 1.807) is 0 Å². The Kier molecular flexibility index (Phi) is 55.0. The number of rotatable bonds is 66. The van der Waals surface area contributed by atoms with Gasteiger partial charge in [0.25, 0.3) is 5.79 Å². The molecule has 3 saturated heterocycles. The standard InChI is InChI=1S/C81H150N2O21/c1-4-6-8-10-12-14-16-18-20-22-24-25-26-27-28-29-30-31-32-33-34-35-37-39-41-43-45-47-49-51-53-55-68(91)83-62(63(88)54-52-50-48-46-44-42-40-38-36-23-21-19-17-15-13-11-9-7-5-2)60-99-78-73(95)72(94)75(67(59-86)101-78)102-79-74(96)77(71(93)66(58-85)100-79)104-81(80(97)98)56-64(89)69(82-61(3)87)76(103-81)70(92)65(90)57-84/h24-25,27-28,62-67,69-79,84-86,88-90,92-96H,4-23,26,29-60H2,1-3H3,(H,82,87)(H,83,91)(H,97,98)/b25-24-,28-27-. The number of allylic oxidation sites excluding steroid dienone is 4. The van der Waals surface area contributed by atoms with E-state index >= 15 is 0 Å². The second-order valence-electron chi connectivity index (χ2n) is 30.3. The second kappa shape index (κ2) is 60.0. The Balaban J connectivity index is 1.48. The second-order valence-corrected chi connectivity index (χ2v) is 30.3. The molecule has 18 unspecified atom stereocenters. The molecule has 2 amide bonds. The summed E-state index contributed by atoms with van der Waals surface area (Å²) in [5.74, 6) is -6.09. The summed E-state index contributed by atoms with van der Waals surface area (Å²) in [6, 6.07) is -2.53. The van der Waals surface area contributed by atoms with Gasteiger partial charge in [0.05, 0.1) is 50.7 Å². The molecule has 0 aliphatic carbocycles. The maximum atomic E-state index is 13.6. The maximum Gasteiger partial charge on any atom is 0.364 e. The highest BCUT2D eigenvalue weighted by Gasteiger charge is 2.60.